The summed E-state index contributed by atoms with van der Waals surface area (Å²) in [7, 11) is 0. The maximum Gasteiger partial charge on any atom is 0.256 e. The van der Waals surface area contributed by atoms with Crippen molar-refractivity contribution in [3.63, 3.8) is 0 Å². The first-order valence-corrected chi connectivity index (χ1v) is 7.48. The van der Waals surface area contributed by atoms with Crippen LogP contribution in [-0.2, 0) is 32.7 Å². The van der Waals surface area contributed by atoms with Crippen molar-refractivity contribution in [3.05, 3.63) is 59.0 Å². The summed E-state index contributed by atoms with van der Waals surface area (Å²) in [5.41, 5.74) is 0.488. The van der Waals surface area contributed by atoms with E-state index in [0.717, 1.165) is 11.3 Å². The SMILES string of the molecule is C=C1C(Cl)=C[C-]=C(c2ccc(OCCC)cc2F)N1CC(F)F.[Y]. The first-order chi connectivity index (χ1) is 10.9. The predicted octanol–water partition coefficient (Wildman–Crippen LogP) is 4.97. The summed E-state index contributed by atoms with van der Waals surface area (Å²) in [6.07, 6.45) is 2.31. The van der Waals surface area contributed by atoms with Gasteiger partial charge in [-0.25, -0.2) is 13.2 Å². The molecule has 0 aromatic heterocycles. The molecule has 0 amide bonds. The van der Waals surface area contributed by atoms with Crippen molar-refractivity contribution in [1.82, 2.24) is 4.90 Å². The van der Waals surface area contributed by atoms with Gasteiger partial charge in [0.05, 0.1) is 19.0 Å². The fourth-order valence-electron chi connectivity index (χ4n) is 2.12. The Morgan fingerprint density at radius 3 is 2.67 bits per heavy atom. The van der Waals surface area contributed by atoms with Crippen LogP contribution in [0.25, 0.3) is 5.70 Å². The minimum Gasteiger partial charge on any atom is -0.494 e. The summed E-state index contributed by atoms with van der Waals surface area (Å²) >= 11 is 5.91. The molecule has 0 unspecified atom stereocenters. The Hall–Kier alpha value is -0.776. The van der Waals surface area contributed by atoms with Crippen LogP contribution in [0.5, 0.6) is 5.75 Å². The van der Waals surface area contributed by atoms with Crippen molar-refractivity contribution in [1.29, 1.82) is 0 Å². The van der Waals surface area contributed by atoms with E-state index >= 15 is 0 Å². The van der Waals surface area contributed by atoms with Crippen molar-refractivity contribution in [3.8, 4) is 5.75 Å². The smallest absolute Gasteiger partial charge is 0.256 e. The maximum absolute atomic E-state index is 14.4. The average Bonchev–Trinajstić information content (AvgIpc) is 2.50. The fraction of sp³-hybridized carbons (Fsp3) is 0.294. The van der Waals surface area contributed by atoms with E-state index in [1.807, 2.05) is 6.92 Å². The number of allylic oxidation sites excluding steroid dienone is 3. The van der Waals surface area contributed by atoms with E-state index < -0.39 is 18.8 Å². The second-order valence-corrected chi connectivity index (χ2v) is 5.33. The topological polar surface area (TPSA) is 12.5 Å². The molecule has 0 N–H and O–H groups in total. The zero-order valence-electron chi connectivity index (χ0n) is 13.2. The second-order valence-electron chi connectivity index (χ2n) is 4.92. The van der Waals surface area contributed by atoms with Crippen molar-refractivity contribution in [2.75, 3.05) is 13.2 Å². The molecule has 2 nitrogen and oxygen atoms in total. The standard InChI is InChI=1S/C17H16ClF3NO.Y/c1-3-8-23-12-4-5-13(15(19)9-12)16-7-6-14(18)11(2)22(16)10-17(20)21;/h4-6,9,17H,2-3,8,10H2,1H3;/q-1;. The first-order valence-electron chi connectivity index (χ1n) is 7.10. The molecule has 1 radical (unpaired) electrons. The number of rotatable bonds is 6. The van der Waals surface area contributed by atoms with E-state index in [9.17, 15) is 13.2 Å². The molecule has 0 spiro atoms. The molecule has 2 rings (SSSR count). The Kier molecular flexibility index (Phi) is 8.54. The van der Waals surface area contributed by atoms with Gasteiger partial charge in [0.15, 0.2) is 0 Å². The molecule has 0 atom stereocenters. The summed E-state index contributed by atoms with van der Waals surface area (Å²) in [5.74, 6) is -0.197. The normalized spacial score (nSPS) is 14.2. The number of ether oxygens (including phenoxy) is 1. The van der Waals surface area contributed by atoms with E-state index in [0.29, 0.717) is 12.4 Å². The summed E-state index contributed by atoms with van der Waals surface area (Å²) < 4.78 is 45.3. The predicted molar refractivity (Wildman–Crippen MR) is 84.6 cm³/mol. The van der Waals surface area contributed by atoms with Gasteiger partial charge in [-0.1, -0.05) is 24.8 Å². The van der Waals surface area contributed by atoms with Gasteiger partial charge in [-0.2, -0.15) is 23.8 Å². The van der Waals surface area contributed by atoms with Gasteiger partial charge >= 0.3 is 0 Å². The van der Waals surface area contributed by atoms with Gasteiger partial charge in [-0.15, -0.1) is 6.07 Å². The zero-order chi connectivity index (χ0) is 17.0. The van der Waals surface area contributed by atoms with Crippen LogP contribution < -0.4 is 4.74 Å². The van der Waals surface area contributed by atoms with Crippen LogP contribution in [0.2, 0.25) is 0 Å². The quantitative estimate of drug-likeness (QED) is 0.590. The largest absolute Gasteiger partial charge is 0.494 e. The number of nitrogens with zero attached hydrogens (tertiary/aromatic N) is 1. The molecule has 1 aromatic rings. The summed E-state index contributed by atoms with van der Waals surface area (Å²) in [6, 6.07) is 4.29. The van der Waals surface area contributed by atoms with Crippen LogP contribution in [0, 0.1) is 11.9 Å². The first kappa shape index (κ1) is 21.3. The summed E-state index contributed by atoms with van der Waals surface area (Å²) in [4.78, 5) is 1.16. The minimum absolute atomic E-state index is 0. The third kappa shape index (κ3) is 5.11. The molecule has 0 aliphatic carbocycles. The zero-order valence-corrected chi connectivity index (χ0v) is 16.8. The fourth-order valence-corrected chi connectivity index (χ4v) is 2.27. The number of hydrogen-bond donors (Lipinski definition) is 0. The third-order valence-corrected chi connectivity index (χ3v) is 3.52. The molecule has 0 bridgehead atoms. The van der Waals surface area contributed by atoms with E-state index in [1.54, 1.807) is 6.07 Å². The second kappa shape index (κ2) is 9.64. The number of hydrogen-bond acceptors (Lipinski definition) is 2. The Balaban J connectivity index is 0.00000288. The molecule has 1 aliphatic heterocycles. The molecule has 1 aromatic carbocycles. The van der Waals surface area contributed by atoms with Crippen LogP contribution >= 0.6 is 11.6 Å². The number of benzene rings is 1. The molecule has 127 valence electrons. The van der Waals surface area contributed by atoms with E-state index in [4.69, 9.17) is 16.3 Å². The average molecular weight is 432 g/mol. The van der Waals surface area contributed by atoms with Gasteiger partial charge in [0.2, 0.25) is 0 Å². The van der Waals surface area contributed by atoms with Gasteiger partial charge in [0.1, 0.15) is 5.75 Å². The molecule has 7 heteroatoms. The van der Waals surface area contributed by atoms with Crippen LogP contribution in [0.15, 0.2) is 41.6 Å². The molecule has 0 saturated heterocycles. The molecule has 0 fully saturated rings. The minimum atomic E-state index is -2.62. The maximum atomic E-state index is 14.4. The summed E-state index contributed by atoms with van der Waals surface area (Å²) in [6.45, 7) is 5.45. The van der Waals surface area contributed by atoms with Crippen molar-refractivity contribution < 1.29 is 50.6 Å². The Morgan fingerprint density at radius 2 is 2.08 bits per heavy atom. The van der Waals surface area contributed by atoms with Crippen molar-refractivity contribution in [2.45, 2.75) is 19.8 Å². The molecular weight excluding hydrogens is 416 g/mol. The molecular formula is C17H16ClF3NOY-. The monoisotopic (exact) mass is 431 g/mol. The van der Waals surface area contributed by atoms with Crippen molar-refractivity contribution in [2.24, 2.45) is 0 Å². The Bertz CT molecular complexity index is 661. The van der Waals surface area contributed by atoms with Crippen LogP contribution in [-0.4, -0.2) is 24.5 Å². The molecule has 1 aliphatic rings. The van der Waals surface area contributed by atoms with Gasteiger partial charge in [0.25, 0.3) is 6.43 Å². The van der Waals surface area contributed by atoms with Crippen molar-refractivity contribution >= 4 is 17.3 Å². The van der Waals surface area contributed by atoms with Crippen LogP contribution in [0.1, 0.15) is 18.9 Å². The van der Waals surface area contributed by atoms with E-state index in [1.165, 1.54) is 18.2 Å². The van der Waals surface area contributed by atoms with E-state index in [-0.39, 0.29) is 54.7 Å². The molecule has 24 heavy (non-hydrogen) atoms. The van der Waals surface area contributed by atoms with Gasteiger partial charge < -0.3 is 9.64 Å². The Morgan fingerprint density at radius 1 is 1.38 bits per heavy atom. The third-order valence-electron chi connectivity index (χ3n) is 3.20. The Labute approximate surface area is 169 Å². The van der Waals surface area contributed by atoms with Gasteiger partial charge in [-0.3, -0.25) is 0 Å². The number of halogens is 4. The van der Waals surface area contributed by atoms with E-state index in [2.05, 4.69) is 12.7 Å². The molecule has 0 saturated carbocycles. The van der Waals surface area contributed by atoms with Gasteiger partial charge in [-0.05, 0) is 23.2 Å². The van der Waals surface area contributed by atoms with Gasteiger partial charge in [0, 0.05) is 38.8 Å². The summed E-state index contributed by atoms with van der Waals surface area (Å²) in [5, 5.41) is 0.192. The van der Waals surface area contributed by atoms with Crippen LogP contribution in [0.3, 0.4) is 0 Å². The number of alkyl halides is 2. The van der Waals surface area contributed by atoms with Crippen LogP contribution in [0.4, 0.5) is 13.2 Å². The molecule has 1 heterocycles.